The van der Waals surface area contributed by atoms with E-state index in [1.807, 2.05) is 30.3 Å². The Labute approximate surface area is 289 Å². The van der Waals surface area contributed by atoms with Gasteiger partial charge < -0.3 is 24.1 Å². The lowest BCUT2D eigenvalue weighted by Gasteiger charge is -2.26. The predicted molar refractivity (Wildman–Crippen MR) is 192 cm³/mol. The van der Waals surface area contributed by atoms with Crippen molar-refractivity contribution in [1.82, 2.24) is 9.80 Å². The minimum atomic E-state index is -0.990. The van der Waals surface area contributed by atoms with E-state index in [9.17, 15) is 9.59 Å². The first-order valence-electron chi connectivity index (χ1n) is 15.8. The highest BCUT2D eigenvalue weighted by molar-refractivity contribution is 8.26. The summed E-state index contributed by atoms with van der Waals surface area (Å²) >= 11 is 6.86. The molecule has 0 saturated carbocycles. The van der Waals surface area contributed by atoms with Crippen LogP contribution < -0.4 is 14.2 Å². The van der Waals surface area contributed by atoms with Crippen LogP contribution in [0, 0.1) is 0 Å². The van der Waals surface area contributed by atoms with Gasteiger partial charge in [0.2, 0.25) is 0 Å². The molecule has 2 heterocycles. The fourth-order valence-electron chi connectivity index (χ4n) is 5.63. The van der Waals surface area contributed by atoms with E-state index in [0.29, 0.717) is 52.7 Å². The van der Waals surface area contributed by atoms with Crippen LogP contribution >= 0.6 is 24.0 Å². The minimum Gasteiger partial charge on any atom is -0.494 e. The molecule has 48 heavy (non-hydrogen) atoms. The van der Waals surface area contributed by atoms with Crippen LogP contribution in [0.15, 0.2) is 83.8 Å². The van der Waals surface area contributed by atoms with Crippen LogP contribution in [0.2, 0.25) is 0 Å². The molecule has 0 aliphatic carbocycles. The van der Waals surface area contributed by atoms with Crippen molar-refractivity contribution in [2.24, 2.45) is 0 Å². The molecule has 11 heteroatoms. The Hall–Kier alpha value is -4.42. The van der Waals surface area contributed by atoms with E-state index in [1.165, 1.54) is 23.9 Å². The summed E-state index contributed by atoms with van der Waals surface area (Å²) < 4.78 is 24.0. The zero-order valence-electron chi connectivity index (χ0n) is 26.6. The lowest BCUT2D eigenvalue weighted by molar-refractivity contribution is -0.122. The van der Waals surface area contributed by atoms with Crippen molar-refractivity contribution in [3.8, 4) is 28.4 Å². The highest BCUT2D eigenvalue weighted by Gasteiger charge is 2.32. The average Bonchev–Trinajstić information content (AvgIpc) is 3.37. The Balaban J connectivity index is 1.20. The summed E-state index contributed by atoms with van der Waals surface area (Å²) in [4.78, 5) is 29.0. The third-order valence-corrected chi connectivity index (χ3v) is 9.56. The molecule has 0 bridgehead atoms. The van der Waals surface area contributed by atoms with Gasteiger partial charge in [-0.05, 0) is 76.9 Å². The standard InChI is InChI=1S/C37H36N2O7S2/c1-43-32-22-25(23-33-35(40)39(37(47)48-33)13-4-17-45-30-11-9-27(10-12-30)36(41)42)21-31(29-8-7-26-5-2-3-6-28(26)24-29)34(32)46-20-16-38-14-18-44-19-15-38/h2-3,5-12,21-24H,4,13-20H2,1H3,(H,41,42)/b33-23-. The van der Waals surface area contributed by atoms with Crippen LogP contribution in [0.25, 0.3) is 28.0 Å². The van der Waals surface area contributed by atoms with Gasteiger partial charge in [-0.15, -0.1) is 0 Å². The molecule has 9 nitrogen and oxygen atoms in total. The Morgan fingerprint density at radius 2 is 1.73 bits per heavy atom. The van der Waals surface area contributed by atoms with E-state index in [4.69, 9.17) is 36.3 Å². The maximum absolute atomic E-state index is 13.5. The van der Waals surface area contributed by atoms with Crippen molar-refractivity contribution >= 4 is 57.0 Å². The molecule has 2 fully saturated rings. The summed E-state index contributed by atoms with van der Waals surface area (Å²) in [7, 11) is 1.63. The summed E-state index contributed by atoms with van der Waals surface area (Å²) in [6, 6.07) is 24.7. The first-order chi connectivity index (χ1) is 23.4. The third kappa shape index (κ3) is 7.99. The molecule has 0 atom stereocenters. The van der Waals surface area contributed by atoms with Gasteiger partial charge in [0.25, 0.3) is 5.91 Å². The molecule has 248 valence electrons. The van der Waals surface area contributed by atoms with Gasteiger partial charge in [0, 0.05) is 31.7 Å². The highest BCUT2D eigenvalue weighted by atomic mass is 32.2. The van der Waals surface area contributed by atoms with Crippen molar-refractivity contribution in [3.05, 3.63) is 94.9 Å². The van der Waals surface area contributed by atoms with Gasteiger partial charge in [-0.3, -0.25) is 14.6 Å². The van der Waals surface area contributed by atoms with E-state index in [0.717, 1.165) is 60.3 Å². The third-order valence-electron chi connectivity index (χ3n) is 8.18. The van der Waals surface area contributed by atoms with Crippen molar-refractivity contribution in [1.29, 1.82) is 0 Å². The quantitative estimate of drug-likeness (QED) is 0.0944. The minimum absolute atomic E-state index is 0.159. The molecule has 0 unspecified atom stereocenters. The Morgan fingerprint density at radius 3 is 2.48 bits per heavy atom. The number of thioether (sulfide) groups is 1. The van der Waals surface area contributed by atoms with Crippen LogP contribution in [-0.2, 0) is 9.53 Å². The second-order valence-corrected chi connectivity index (χ2v) is 13.0. The molecular weight excluding hydrogens is 649 g/mol. The number of amides is 1. The number of nitrogens with zero attached hydrogens (tertiary/aromatic N) is 2. The van der Waals surface area contributed by atoms with Crippen molar-refractivity contribution in [2.75, 3.05) is 59.7 Å². The number of carboxylic acid groups (broad SMARTS) is 1. The van der Waals surface area contributed by atoms with Gasteiger partial charge in [-0.25, -0.2) is 4.79 Å². The van der Waals surface area contributed by atoms with Gasteiger partial charge in [-0.1, -0.05) is 60.4 Å². The van der Waals surface area contributed by atoms with Gasteiger partial charge in [-0.2, -0.15) is 0 Å². The number of hydrogen-bond donors (Lipinski definition) is 1. The van der Waals surface area contributed by atoms with E-state index < -0.39 is 5.97 Å². The van der Waals surface area contributed by atoms with Crippen molar-refractivity contribution in [2.45, 2.75) is 6.42 Å². The Kier molecular flexibility index (Phi) is 10.9. The smallest absolute Gasteiger partial charge is 0.335 e. The molecule has 0 spiro atoms. The van der Waals surface area contributed by atoms with Crippen molar-refractivity contribution in [3.63, 3.8) is 0 Å². The van der Waals surface area contributed by atoms with Gasteiger partial charge in [0.15, 0.2) is 11.5 Å². The number of carboxylic acids is 1. The summed E-state index contributed by atoms with van der Waals surface area (Å²) in [6.07, 6.45) is 2.40. The number of hydrogen-bond acceptors (Lipinski definition) is 9. The SMILES string of the molecule is COc1cc(/C=C2\SC(=S)N(CCCOc3ccc(C(=O)O)cc3)C2=O)cc(-c2ccc3ccccc3c2)c1OCCN1CCOCC1. The molecule has 4 aromatic carbocycles. The number of rotatable bonds is 13. The number of fused-ring (bicyclic) bond motifs is 1. The van der Waals surface area contributed by atoms with E-state index in [1.54, 1.807) is 24.1 Å². The number of methoxy groups -OCH3 is 1. The van der Waals surface area contributed by atoms with E-state index in [2.05, 4.69) is 35.2 Å². The molecule has 0 aromatic heterocycles. The van der Waals surface area contributed by atoms with E-state index >= 15 is 0 Å². The Bertz CT molecular complexity index is 1840. The lowest BCUT2D eigenvalue weighted by Crippen LogP contribution is -2.38. The number of thiocarbonyl (C=S) groups is 1. The molecule has 2 saturated heterocycles. The monoisotopic (exact) mass is 684 g/mol. The van der Waals surface area contributed by atoms with Gasteiger partial charge >= 0.3 is 5.97 Å². The zero-order chi connectivity index (χ0) is 33.5. The van der Waals surface area contributed by atoms with Gasteiger partial charge in [0.05, 0.1) is 37.4 Å². The number of benzene rings is 4. The predicted octanol–water partition coefficient (Wildman–Crippen LogP) is 6.59. The van der Waals surface area contributed by atoms with Crippen LogP contribution in [-0.4, -0.2) is 90.8 Å². The molecule has 2 aliphatic heterocycles. The molecule has 6 rings (SSSR count). The van der Waals surface area contributed by atoms with Crippen LogP contribution in [0.3, 0.4) is 0 Å². The topological polar surface area (TPSA) is 97.8 Å². The Morgan fingerprint density at radius 1 is 0.958 bits per heavy atom. The fraction of sp³-hybridized carbons (Fsp3) is 0.270. The van der Waals surface area contributed by atoms with Crippen LogP contribution in [0.1, 0.15) is 22.3 Å². The fourth-order valence-corrected chi connectivity index (χ4v) is 6.94. The number of carbonyl (C=O) groups is 2. The number of ether oxygens (including phenoxy) is 4. The second-order valence-electron chi connectivity index (χ2n) is 11.3. The first kappa shape index (κ1) is 33.5. The molecular formula is C37H36N2O7S2. The molecule has 4 aromatic rings. The molecule has 1 N–H and O–H groups in total. The van der Waals surface area contributed by atoms with E-state index in [-0.39, 0.29) is 11.5 Å². The largest absolute Gasteiger partial charge is 0.494 e. The molecule has 1 amide bonds. The average molecular weight is 685 g/mol. The summed E-state index contributed by atoms with van der Waals surface area (Å²) in [6.45, 7) is 5.23. The molecule has 2 aliphatic rings. The zero-order valence-corrected chi connectivity index (χ0v) is 28.2. The maximum atomic E-state index is 13.5. The summed E-state index contributed by atoms with van der Waals surface area (Å²) in [5.41, 5.74) is 2.84. The van der Waals surface area contributed by atoms with Crippen LogP contribution in [0.4, 0.5) is 0 Å². The highest BCUT2D eigenvalue weighted by Crippen LogP contribution is 2.42. The number of morpholine rings is 1. The van der Waals surface area contributed by atoms with Crippen LogP contribution in [0.5, 0.6) is 17.2 Å². The van der Waals surface area contributed by atoms with Gasteiger partial charge in [0.1, 0.15) is 16.7 Å². The number of carbonyl (C=O) groups excluding carboxylic acids is 1. The molecule has 0 radical (unpaired) electrons. The van der Waals surface area contributed by atoms with Crippen molar-refractivity contribution < 1.29 is 33.6 Å². The number of aromatic carboxylic acids is 1. The summed E-state index contributed by atoms with van der Waals surface area (Å²) in [5, 5.41) is 11.3. The lowest BCUT2D eigenvalue weighted by atomic mass is 9.98. The normalized spacial score (nSPS) is 16.1. The summed E-state index contributed by atoms with van der Waals surface area (Å²) in [5.74, 6) is 0.653. The maximum Gasteiger partial charge on any atom is 0.335 e. The second kappa shape index (κ2) is 15.7. The first-order valence-corrected chi connectivity index (χ1v) is 17.0.